The van der Waals surface area contributed by atoms with Crippen LogP contribution in [0.2, 0.25) is 5.02 Å². The van der Waals surface area contributed by atoms with Crippen LogP contribution in [0.3, 0.4) is 0 Å². The second-order valence-corrected chi connectivity index (χ2v) is 3.67. The average molecular weight is 296 g/mol. The summed E-state index contributed by atoms with van der Waals surface area (Å²) in [5, 5.41) is 9.07. The normalized spacial score (nSPS) is 10.4. The van der Waals surface area contributed by atoms with Crippen molar-refractivity contribution in [2.45, 2.75) is 18.2 Å². The molecule has 6 heteroatoms. The van der Waals surface area contributed by atoms with Gasteiger partial charge in [0.25, 0.3) is 6.43 Å². The first-order valence-corrected chi connectivity index (χ1v) is 5.49. The van der Waals surface area contributed by atoms with Crippen LogP contribution in [0.15, 0.2) is 6.07 Å². The summed E-state index contributed by atoms with van der Waals surface area (Å²) in [6.45, 7) is 0. The Bertz CT molecular complexity index is 404. The molecule has 0 unspecified atom stereocenters. The smallest absolute Gasteiger partial charge is 0.249 e. The molecule has 1 aromatic rings. The highest BCUT2D eigenvalue weighted by molar-refractivity contribution is 9.08. The molecule has 0 aliphatic heterocycles. The fraction of sp³-hybridized carbons (Fsp3) is 0.333. The molecular weight excluding hydrogens is 289 g/mol. The van der Waals surface area contributed by atoms with Crippen molar-refractivity contribution >= 4 is 27.5 Å². The van der Waals surface area contributed by atoms with Crippen LogP contribution in [0.5, 0.6) is 0 Å². The van der Waals surface area contributed by atoms with E-state index in [2.05, 4.69) is 20.9 Å². The summed E-state index contributed by atoms with van der Waals surface area (Å²) in [6.07, 6.45) is -2.65. The molecule has 0 saturated carbocycles. The van der Waals surface area contributed by atoms with Crippen molar-refractivity contribution in [3.8, 4) is 6.07 Å². The van der Waals surface area contributed by atoms with Crippen LogP contribution in [0.1, 0.15) is 23.4 Å². The number of alkyl halides is 3. The summed E-state index contributed by atoms with van der Waals surface area (Å²) in [7, 11) is 0. The van der Waals surface area contributed by atoms with E-state index in [0.29, 0.717) is 11.3 Å². The first-order chi connectivity index (χ1) is 7.10. The van der Waals surface area contributed by atoms with Crippen molar-refractivity contribution in [2.24, 2.45) is 0 Å². The molecule has 1 aromatic heterocycles. The number of halogens is 4. The fourth-order valence-electron chi connectivity index (χ4n) is 1.08. The predicted molar refractivity (Wildman–Crippen MR) is 56.2 cm³/mol. The van der Waals surface area contributed by atoms with Gasteiger partial charge in [-0.05, 0) is 11.6 Å². The highest BCUT2D eigenvalue weighted by atomic mass is 79.9. The Labute approximate surface area is 99.0 Å². The Morgan fingerprint density at radius 1 is 1.60 bits per heavy atom. The van der Waals surface area contributed by atoms with Gasteiger partial charge in [-0.25, -0.2) is 13.8 Å². The van der Waals surface area contributed by atoms with Crippen LogP contribution in [0.4, 0.5) is 8.78 Å². The van der Waals surface area contributed by atoms with Crippen molar-refractivity contribution < 1.29 is 8.78 Å². The number of hydrogen-bond donors (Lipinski definition) is 0. The van der Waals surface area contributed by atoms with Gasteiger partial charge >= 0.3 is 0 Å². The van der Waals surface area contributed by atoms with Crippen LogP contribution >= 0.6 is 27.5 Å². The summed E-state index contributed by atoms with van der Waals surface area (Å²) in [5.41, 5.74) is 0.373. The molecule has 1 rings (SSSR count). The third kappa shape index (κ3) is 2.86. The summed E-state index contributed by atoms with van der Waals surface area (Å²) >= 11 is 8.98. The molecule has 2 nitrogen and oxygen atoms in total. The molecule has 0 fully saturated rings. The molecule has 0 atom stereocenters. The van der Waals surface area contributed by atoms with Gasteiger partial charge < -0.3 is 0 Å². The molecule has 0 saturated heterocycles. The van der Waals surface area contributed by atoms with Crippen molar-refractivity contribution in [2.75, 3.05) is 0 Å². The minimum atomic E-state index is -2.66. The van der Waals surface area contributed by atoms with E-state index >= 15 is 0 Å². The molecule has 0 amide bonds. The highest BCUT2D eigenvalue weighted by Crippen LogP contribution is 2.27. The van der Waals surface area contributed by atoms with Gasteiger partial charge in [0.05, 0.1) is 23.2 Å². The van der Waals surface area contributed by atoms with Gasteiger partial charge in [0, 0.05) is 5.33 Å². The van der Waals surface area contributed by atoms with Crippen LogP contribution in [0, 0.1) is 11.3 Å². The topological polar surface area (TPSA) is 36.7 Å². The van der Waals surface area contributed by atoms with Gasteiger partial charge in [0.1, 0.15) is 5.69 Å². The van der Waals surface area contributed by atoms with E-state index in [0.717, 1.165) is 0 Å². The zero-order chi connectivity index (χ0) is 11.4. The Kier molecular flexibility index (Phi) is 4.43. The lowest BCUT2D eigenvalue weighted by Gasteiger charge is -2.07. The van der Waals surface area contributed by atoms with Crippen molar-refractivity contribution in [1.29, 1.82) is 5.26 Å². The number of rotatable bonds is 3. The lowest BCUT2D eigenvalue weighted by Crippen LogP contribution is -1.99. The third-order valence-electron chi connectivity index (χ3n) is 1.74. The van der Waals surface area contributed by atoms with Gasteiger partial charge in [-0.3, -0.25) is 0 Å². The third-order valence-corrected chi connectivity index (χ3v) is 2.73. The van der Waals surface area contributed by atoms with Crippen LogP contribution in [0.25, 0.3) is 0 Å². The van der Waals surface area contributed by atoms with Crippen molar-refractivity contribution in [1.82, 2.24) is 4.98 Å². The molecule has 1 heterocycles. The Balaban J connectivity index is 3.26. The molecule has 0 spiro atoms. The van der Waals surface area contributed by atoms with E-state index in [4.69, 9.17) is 16.9 Å². The number of hydrogen-bond acceptors (Lipinski definition) is 2. The maximum Gasteiger partial charge on any atom is 0.280 e. The molecule has 0 aliphatic carbocycles. The van der Waals surface area contributed by atoms with E-state index in [9.17, 15) is 8.78 Å². The van der Waals surface area contributed by atoms with E-state index in [1.54, 1.807) is 0 Å². The fourth-order valence-corrected chi connectivity index (χ4v) is 1.88. The second kappa shape index (κ2) is 5.38. The number of aromatic nitrogens is 1. The maximum atomic E-state index is 12.4. The standard InChI is InChI=1S/C9H6BrClF2N2/c10-4-7-8(11)5(1-2-14)3-6(15-7)9(12)13/h3,9H,1,4H2. The molecular formula is C9H6BrClF2N2. The lowest BCUT2D eigenvalue weighted by molar-refractivity contribution is 0.146. The number of nitriles is 1. The molecule has 0 aliphatic rings. The highest BCUT2D eigenvalue weighted by Gasteiger charge is 2.15. The van der Waals surface area contributed by atoms with Gasteiger partial charge in [0.2, 0.25) is 0 Å². The summed E-state index contributed by atoms with van der Waals surface area (Å²) in [6, 6.07) is 3.04. The van der Waals surface area contributed by atoms with Crippen LogP contribution < -0.4 is 0 Å². The molecule has 0 N–H and O–H groups in total. The molecule has 0 aromatic carbocycles. The molecule has 0 radical (unpaired) electrons. The van der Waals surface area contributed by atoms with Gasteiger partial charge in [-0.1, -0.05) is 27.5 Å². The SMILES string of the molecule is N#CCc1cc(C(F)F)nc(CBr)c1Cl. The first-order valence-electron chi connectivity index (χ1n) is 3.99. The predicted octanol–water partition coefficient (Wildman–Crippen LogP) is 3.63. The first kappa shape index (κ1) is 12.3. The average Bonchev–Trinajstić information content (AvgIpc) is 2.21. The van der Waals surface area contributed by atoms with Gasteiger partial charge in [-0.2, -0.15) is 5.26 Å². The lowest BCUT2D eigenvalue weighted by atomic mass is 10.1. The summed E-state index contributed by atoms with van der Waals surface area (Å²) in [5.74, 6) is 0. The van der Waals surface area contributed by atoms with E-state index < -0.39 is 6.43 Å². The molecule has 80 valence electrons. The van der Waals surface area contributed by atoms with E-state index in [1.807, 2.05) is 6.07 Å². The quantitative estimate of drug-likeness (QED) is 0.798. The monoisotopic (exact) mass is 294 g/mol. The Hall–Kier alpha value is -0.730. The van der Waals surface area contributed by atoms with Crippen molar-refractivity contribution in [3.63, 3.8) is 0 Å². The van der Waals surface area contributed by atoms with Crippen LogP contribution in [-0.2, 0) is 11.8 Å². The summed E-state index contributed by atoms with van der Waals surface area (Å²) < 4.78 is 24.9. The second-order valence-electron chi connectivity index (χ2n) is 2.74. The molecule has 0 bridgehead atoms. The minimum Gasteiger partial charge on any atom is -0.249 e. The van der Waals surface area contributed by atoms with E-state index in [1.165, 1.54) is 6.07 Å². The largest absolute Gasteiger partial charge is 0.280 e. The van der Waals surface area contributed by atoms with Gasteiger partial charge in [-0.15, -0.1) is 0 Å². The Morgan fingerprint density at radius 2 is 2.27 bits per heavy atom. The van der Waals surface area contributed by atoms with Crippen LogP contribution in [-0.4, -0.2) is 4.98 Å². The number of pyridine rings is 1. The maximum absolute atomic E-state index is 12.4. The van der Waals surface area contributed by atoms with E-state index in [-0.39, 0.29) is 22.5 Å². The zero-order valence-electron chi connectivity index (χ0n) is 7.48. The minimum absolute atomic E-state index is 0.00106. The van der Waals surface area contributed by atoms with Crippen molar-refractivity contribution in [3.05, 3.63) is 28.0 Å². The van der Waals surface area contributed by atoms with Gasteiger partial charge in [0.15, 0.2) is 0 Å². The Morgan fingerprint density at radius 3 is 2.73 bits per heavy atom. The molecule has 15 heavy (non-hydrogen) atoms. The zero-order valence-corrected chi connectivity index (χ0v) is 9.82. The summed E-state index contributed by atoms with van der Waals surface area (Å²) in [4.78, 5) is 3.69. The number of nitrogens with zero attached hydrogens (tertiary/aromatic N) is 2.